The predicted octanol–water partition coefficient (Wildman–Crippen LogP) is 3.26. The lowest BCUT2D eigenvalue weighted by molar-refractivity contribution is -0.120. The zero-order chi connectivity index (χ0) is 16.1. The Kier molecular flexibility index (Phi) is 5.41. The Morgan fingerprint density at radius 2 is 1.68 bits per heavy atom. The normalized spacial score (nSPS) is 10.1. The molecule has 0 atom stereocenters. The number of nitrogens with zero attached hydrogens (tertiary/aromatic N) is 1. The number of rotatable bonds is 3. The Balaban J connectivity index is 2.07. The monoisotopic (exact) mass is 381 g/mol. The number of hydrogen-bond donors (Lipinski definition) is 2. The molecule has 0 aliphatic rings. The number of amides is 3. The van der Waals surface area contributed by atoms with Gasteiger partial charge in [0.1, 0.15) is 0 Å². The zero-order valence-corrected chi connectivity index (χ0v) is 13.8. The fraction of sp³-hybridized carbons (Fsp3) is 0.0667. The summed E-state index contributed by atoms with van der Waals surface area (Å²) in [5, 5.41) is 1.51. The summed E-state index contributed by atoms with van der Waals surface area (Å²) in [4.78, 5) is 23.6. The maximum Gasteiger partial charge on any atom is 0.338 e. The minimum absolute atomic E-state index is 0.130. The highest BCUT2D eigenvalue weighted by Gasteiger charge is 2.15. The van der Waals surface area contributed by atoms with E-state index in [2.05, 4.69) is 21.4 Å². The molecule has 22 heavy (non-hydrogen) atoms. The standard InChI is InChI=1S/C15H13BrClN3O2/c16-11-3-1-10(2-4-11)9-14(21)19-20(15(18)22)13-7-5-12(17)6-8-13/h1-8H,9H2,(H2,18,22)(H,19,21). The number of hydrogen-bond acceptors (Lipinski definition) is 2. The first-order valence-corrected chi connectivity index (χ1v) is 7.52. The van der Waals surface area contributed by atoms with Crippen LogP contribution >= 0.6 is 27.5 Å². The van der Waals surface area contributed by atoms with E-state index in [9.17, 15) is 9.59 Å². The third-order valence-corrected chi connectivity index (χ3v) is 3.60. The number of urea groups is 1. The van der Waals surface area contributed by atoms with Crippen molar-refractivity contribution in [1.29, 1.82) is 0 Å². The van der Waals surface area contributed by atoms with Crippen LogP contribution < -0.4 is 16.2 Å². The Labute approximate surface area is 141 Å². The molecule has 0 aliphatic carbocycles. The lowest BCUT2D eigenvalue weighted by Crippen LogP contribution is -2.49. The molecule has 7 heteroatoms. The van der Waals surface area contributed by atoms with Crippen molar-refractivity contribution in [3.8, 4) is 0 Å². The molecule has 3 N–H and O–H groups in total. The first-order chi connectivity index (χ1) is 10.5. The molecule has 2 rings (SSSR count). The number of carbonyl (C=O) groups excluding carboxylic acids is 2. The highest BCUT2D eigenvalue weighted by atomic mass is 79.9. The van der Waals surface area contributed by atoms with E-state index >= 15 is 0 Å². The van der Waals surface area contributed by atoms with Crippen LogP contribution in [-0.4, -0.2) is 11.9 Å². The lowest BCUT2D eigenvalue weighted by atomic mass is 10.1. The second-order valence-electron chi connectivity index (χ2n) is 4.49. The van der Waals surface area contributed by atoms with Gasteiger partial charge in [-0.15, -0.1) is 0 Å². The second kappa shape index (κ2) is 7.29. The van der Waals surface area contributed by atoms with Crippen molar-refractivity contribution >= 4 is 45.2 Å². The minimum Gasteiger partial charge on any atom is -0.350 e. The van der Waals surface area contributed by atoms with Crippen LogP contribution in [0.5, 0.6) is 0 Å². The van der Waals surface area contributed by atoms with E-state index in [0.717, 1.165) is 15.0 Å². The highest BCUT2D eigenvalue weighted by Crippen LogP contribution is 2.17. The van der Waals surface area contributed by atoms with Crippen molar-refractivity contribution in [3.63, 3.8) is 0 Å². The topological polar surface area (TPSA) is 75.4 Å². The van der Waals surface area contributed by atoms with Gasteiger partial charge < -0.3 is 5.73 Å². The van der Waals surface area contributed by atoms with Crippen molar-refractivity contribution in [2.75, 3.05) is 5.01 Å². The van der Waals surface area contributed by atoms with E-state index in [-0.39, 0.29) is 12.3 Å². The number of hydrazine groups is 1. The zero-order valence-electron chi connectivity index (χ0n) is 11.4. The first kappa shape index (κ1) is 16.3. The Morgan fingerprint density at radius 1 is 1.09 bits per heavy atom. The highest BCUT2D eigenvalue weighted by molar-refractivity contribution is 9.10. The molecule has 2 aromatic carbocycles. The molecule has 0 bridgehead atoms. The minimum atomic E-state index is -0.786. The maximum absolute atomic E-state index is 12.1. The van der Waals surface area contributed by atoms with Gasteiger partial charge in [-0.1, -0.05) is 39.7 Å². The molecule has 0 aromatic heterocycles. The van der Waals surface area contributed by atoms with Crippen LogP contribution in [0.4, 0.5) is 10.5 Å². The Hall–Kier alpha value is -2.05. The van der Waals surface area contributed by atoms with E-state index in [0.29, 0.717) is 10.7 Å². The van der Waals surface area contributed by atoms with Crippen LogP contribution in [0.15, 0.2) is 53.0 Å². The molecule has 2 aromatic rings. The van der Waals surface area contributed by atoms with Crippen LogP contribution in [0.3, 0.4) is 0 Å². The molecule has 0 spiro atoms. The lowest BCUT2D eigenvalue weighted by Gasteiger charge is -2.21. The van der Waals surface area contributed by atoms with Gasteiger partial charge in [0.25, 0.3) is 0 Å². The molecule has 0 radical (unpaired) electrons. The summed E-state index contributed by atoms with van der Waals surface area (Å²) in [5.74, 6) is -0.351. The van der Waals surface area contributed by atoms with Gasteiger partial charge in [0.05, 0.1) is 12.1 Å². The van der Waals surface area contributed by atoms with Crippen molar-refractivity contribution in [1.82, 2.24) is 5.43 Å². The molecule has 0 unspecified atom stereocenters. The maximum atomic E-state index is 12.1. The number of nitrogens with two attached hydrogens (primary N) is 1. The summed E-state index contributed by atoms with van der Waals surface area (Å²) in [6.45, 7) is 0. The number of nitrogens with one attached hydrogen (secondary N) is 1. The summed E-state index contributed by atoms with van der Waals surface area (Å²) < 4.78 is 0.927. The smallest absolute Gasteiger partial charge is 0.338 e. The number of benzene rings is 2. The van der Waals surface area contributed by atoms with Crippen LogP contribution in [-0.2, 0) is 11.2 Å². The quantitative estimate of drug-likeness (QED) is 0.800. The van der Waals surface area contributed by atoms with Crippen molar-refractivity contribution in [3.05, 3.63) is 63.6 Å². The van der Waals surface area contributed by atoms with E-state index in [1.807, 2.05) is 24.3 Å². The van der Waals surface area contributed by atoms with Crippen molar-refractivity contribution in [2.45, 2.75) is 6.42 Å². The molecule has 0 fully saturated rings. The van der Waals surface area contributed by atoms with Gasteiger partial charge in [0, 0.05) is 9.50 Å². The summed E-state index contributed by atoms with van der Waals surface area (Å²) in [6.07, 6.45) is 0.130. The average Bonchev–Trinajstić information content (AvgIpc) is 2.48. The molecule has 0 saturated carbocycles. The largest absolute Gasteiger partial charge is 0.350 e. The molecule has 3 amide bonds. The van der Waals surface area contributed by atoms with E-state index in [1.165, 1.54) is 0 Å². The van der Waals surface area contributed by atoms with E-state index < -0.39 is 6.03 Å². The van der Waals surface area contributed by atoms with Gasteiger partial charge in [0.2, 0.25) is 5.91 Å². The van der Waals surface area contributed by atoms with Crippen molar-refractivity contribution in [2.24, 2.45) is 5.73 Å². The van der Waals surface area contributed by atoms with Gasteiger partial charge in [0.15, 0.2) is 0 Å². The summed E-state index contributed by atoms with van der Waals surface area (Å²) in [6, 6.07) is 12.9. The molecule has 114 valence electrons. The number of anilines is 1. The predicted molar refractivity (Wildman–Crippen MR) is 89.5 cm³/mol. The van der Waals surface area contributed by atoms with Crippen LogP contribution in [0, 0.1) is 0 Å². The molecule has 0 saturated heterocycles. The number of halogens is 2. The fourth-order valence-electron chi connectivity index (χ4n) is 1.79. The molecule has 0 aliphatic heterocycles. The second-order valence-corrected chi connectivity index (χ2v) is 5.84. The molecule has 0 heterocycles. The summed E-state index contributed by atoms with van der Waals surface area (Å²) in [7, 11) is 0. The third-order valence-electron chi connectivity index (χ3n) is 2.82. The molecule has 5 nitrogen and oxygen atoms in total. The van der Waals surface area contributed by atoms with Crippen LogP contribution in [0.2, 0.25) is 5.02 Å². The van der Waals surface area contributed by atoms with Gasteiger partial charge in [-0.05, 0) is 42.0 Å². The molecular weight excluding hydrogens is 370 g/mol. The van der Waals surface area contributed by atoms with Gasteiger partial charge in [-0.25, -0.2) is 9.80 Å². The SMILES string of the molecule is NC(=O)N(NC(=O)Cc1ccc(Br)cc1)c1ccc(Cl)cc1. The average molecular weight is 383 g/mol. The van der Waals surface area contributed by atoms with E-state index in [4.69, 9.17) is 17.3 Å². The summed E-state index contributed by atoms with van der Waals surface area (Å²) in [5.41, 5.74) is 9.03. The van der Waals surface area contributed by atoms with Crippen LogP contribution in [0.1, 0.15) is 5.56 Å². The first-order valence-electron chi connectivity index (χ1n) is 6.35. The summed E-state index contributed by atoms with van der Waals surface area (Å²) >= 11 is 9.12. The van der Waals surface area contributed by atoms with Crippen molar-refractivity contribution < 1.29 is 9.59 Å². The van der Waals surface area contributed by atoms with Gasteiger partial charge in [-0.3, -0.25) is 10.2 Å². The molecular formula is C15H13BrClN3O2. The Bertz CT molecular complexity index is 674. The van der Waals surface area contributed by atoms with Crippen LogP contribution in [0.25, 0.3) is 0 Å². The van der Waals surface area contributed by atoms with Gasteiger partial charge in [-0.2, -0.15) is 0 Å². The third kappa shape index (κ3) is 4.47. The Morgan fingerprint density at radius 3 is 2.23 bits per heavy atom. The fourth-order valence-corrected chi connectivity index (χ4v) is 2.18. The van der Waals surface area contributed by atoms with Gasteiger partial charge >= 0.3 is 6.03 Å². The van der Waals surface area contributed by atoms with E-state index in [1.54, 1.807) is 24.3 Å². The number of primary amides is 1. The number of carbonyl (C=O) groups is 2.